The molecule has 19 heavy (non-hydrogen) atoms. The van der Waals surface area contributed by atoms with Gasteiger partial charge in [0.15, 0.2) is 11.5 Å². The normalized spacial score (nSPS) is 12.4. The lowest BCUT2D eigenvalue weighted by molar-refractivity contribution is 0.296. The van der Waals surface area contributed by atoms with E-state index in [1.54, 1.807) is 21.3 Å². The van der Waals surface area contributed by atoms with Gasteiger partial charge in [-0.05, 0) is 17.5 Å². The highest BCUT2D eigenvalue weighted by Crippen LogP contribution is 2.44. The molecule has 0 amide bonds. The van der Waals surface area contributed by atoms with Gasteiger partial charge in [0.25, 0.3) is 0 Å². The van der Waals surface area contributed by atoms with Crippen LogP contribution in [0.15, 0.2) is 12.1 Å². The van der Waals surface area contributed by atoms with Crippen molar-refractivity contribution in [3.8, 4) is 17.2 Å². The molecule has 1 aromatic rings. The Labute approximate surface area is 121 Å². The molecule has 0 saturated heterocycles. The fraction of sp³-hybridized carbons (Fsp3) is 0.571. The number of benzene rings is 1. The van der Waals surface area contributed by atoms with Crippen LogP contribution in [0.4, 0.5) is 0 Å². The van der Waals surface area contributed by atoms with Gasteiger partial charge < -0.3 is 19.9 Å². The summed E-state index contributed by atoms with van der Waals surface area (Å²) in [5.41, 5.74) is 7.14. The lowest BCUT2D eigenvalue weighted by Gasteiger charge is -2.29. The molecule has 1 rings (SSSR count). The van der Waals surface area contributed by atoms with E-state index in [9.17, 15) is 0 Å². The molecule has 0 aliphatic heterocycles. The van der Waals surface area contributed by atoms with Crippen molar-refractivity contribution in [1.82, 2.24) is 0 Å². The van der Waals surface area contributed by atoms with E-state index in [1.165, 1.54) is 0 Å². The van der Waals surface area contributed by atoms with Crippen LogP contribution < -0.4 is 19.9 Å². The summed E-state index contributed by atoms with van der Waals surface area (Å²) < 4.78 is 16.1. The van der Waals surface area contributed by atoms with E-state index in [-0.39, 0.29) is 23.9 Å². The van der Waals surface area contributed by atoms with Gasteiger partial charge in [-0.2, -0.15) is 0 Å². The average molecular weight is 290 g/mol. The van der Waals surface area contributed by atoms with Gasteiger partial charge in [0.1, 0.15) is 0 Å². The number of nitrogens with two attached hydrogens (primary N) is 1. The van der Waals surface area contributed by atoms with Crippen molar-refractivity contribution in [2.75, 3.05) is 21.3 Å². The van der Waals surface area contributed by atoms with Crippen LogP contribution in [0.5, 0.6) is 17.2 Å². The molecule has 0 saturated carbocycles. The molecule has 5 heteroatoms. The standard InChI is InChI=1S/C14H23NO3.ClH/c1-14(2,3)13(15)9-7-8-10(16-4)12(18-6)11(9)17-5;/h7-8,13H,15H2,1-6H3;1H/t13-;/m0./s1. The van der Waals surface area contributed by atoms with Crippen molar-refractivity contribution in [2.45, 2.75) is 26.8 Å². The Morgan fingerprint density at radius 3 is 1.84 bits per heavy atom. The molecule has 0 aliphatic carbocycles. The van der Waals surface area contributed by atoms with Gasteiger partial charge in [-0.15, -0.1) is 12.4 Å². The topological polar surface area (TPSA) is 53.7 Å². The van der Waals surface area contributed by atoms with Gasteiger partial charge in [-0.1, -0.05) is 20.8 Å². The van der Waals surface area contributed by atoms with Crippen molar-refractivity contribution in [3.63, 3.8) is 0 Å². The number of hydrogen-bond acceptors (Lipinski definition) is 4. The van der Waals surface area contributed by atoms with Crippen molar-refractivity contribution in [2.24, 2.45) is 11.1 Å². The van der Waals surface area contributed by atoms with Gasteiger partial charge in [0.2, 0.25) is 5.75 Å². The third-order valence-electron chi connectivity index (χ3n) is 3.00. The molecule has 0 fully saturated rings. The minimum atomic E-state index is -0.146. The second-order valence-corrected chi connectivity index (χ2v) is 5.27. The molecule has 0 spiro atoms. The maximum Gasteiger partial charge on any atom is 0.203 e. The van der Waals surface area contributed by atoms with Crippen LogP contribution >= 0.6 is 12.4 Å². The molecule has 1 aromatic carbocycles. The zero-order chi connectivity index (χ0) is 13.9. The summed E-state index contributed by atoms with van der Waals surface area (Å²) in [6.07, 6.45) is 0. The Bertz CT molecular complexity index is 416. The number of ether oxygens (including phenoxy) is 3. The third-order valence-corrected chi connectivity index (χ3v) is 3.00. The predicted octanol–water partition coefficient (Wildman–Crippen LogP) is 3.18. The molecular formula is C14H24ClNO3. The quantitative estimate of drug-likeness (QED) is 0.925. The first-order valence-electron chi connectivity index (χ1n) is 5.91. The second kappa shape index (κ2) is 6.87. The third kappa shape index (κ3) is 3.67. The lowest BCUT2D eigenvalue weighted by Crippen LogP contribution is -2.26. The van der Waals surface area contributed by atoms with Crippen LogP contribution in [0.25, 0.3) is 0 Å². The van der Waals surface area contributed by atoms with E-state index in [1.807, 2.05) is 12.1 Å². The molecular weight excluding hydrogens is 266 g/mol. The first-order chi connectivity index (χ1) is 8.36. The number of rotatable bonds is 4. The highest BCUT2D eigenvalue weighted by molar-refractivity contribution is 5.85. The van der Waals surface area contributed by atoms with E-state index in [0.717, 1.165) is 5.56 Å². The van der Waals surface area contributed by atoms with E-state index >= 15 is 0 Å². The van der Waals surface area contributed by atoms with Crippen molar-refractivity contribution < 1.29 is 14.2 Å². The summed E-state index contributed by atoms with van der Waals surface area (Å²) in [7, 11) is 4.80. The summed E-state index contributed by atoms with van der Waals surface area (Å²) >= 11 is 0. The summed E-state index contributed by atoms with van der Waals surface area (Å²) in [5, 5.41) is 0. The Morgan fingerprint density at radius 2 is 1.47 bits per heavy atom. The van der Waals surface area contributed by atoms with Gasteiger partial charge in [-0.3, -0.25) is 0 Å². The summed E-state index contributed by atoms with van der Waals surface area (Å²) in [6, 6.07) is 3.63. The van der Waals surface area contributed by atoms with E-state index < -0.39 is 0 Å². The zero-order valence-electron chi connectivity index (χ0n) is 12.4. The molecule has 0 radical (unpaired) electrons. The van der Waals surface area contributed by atoms with Gasteiger partial charge in [-0.25, -0.2) is 0 Å². The minimum absolute atomic E-state index is 0. The summed E-state index contributed by atoms with van der Waals surface area (Å²) in [4.78, 5) is 0. The minimum Gasteiger partial charge on any atom is -0.493 e. The van der Waals surface area contributed by atoms with E-state index in [2.05, 4.69) is 20.8 Å². The lowest BCUT2D eigenvalue weighted by atomic mass is 9.82. The average Bonchev–Trinajstić information content (AvgIpc) is 2.34. The Morgan fingerprint density at radius 1 is 0.947 bits per heavy atom. The van der Waals surface area contributed by atoms with Crippen LogP contribution in [-0.4, -0.2) is 21.3 Å². The van der Waals surface area contributed by atoms with Crippen LogP contribution in [0.1, 0.15) is 32.4 Å². The van der Waals surface area contributed by atoms with E-state index in [4.69, 9.17) is 19.9 Å². The van der Waals surface area contributed by atoms with Gasteiger partial charge >= 0.3 is 0 Å². The predicted molar refractivity (Wildman–Crippen MR) is 79.7 cm³/mol. The first kappa shape index (κ1) is 17.9. The Hall–Kier alpha value is -1.13. The molecule has 2 N–H and O–H groups in total. The highest BCUT2D eigenvalue weighted by atomic mass is 35.5. The van der Waals surface area contributed by atoms with Crippen molar-refractivity contribution >= 4 is 12.4 Å². The molecule has 0 unspecified atom stereocenters. The van der Waals surface area contributed by atoms with Crippen molar-refractivity contribution in [1.29, 1.82) is 0 Å². The molecule has 0 heterocycles. The fourth-order valence-electron chi connectivity index (χ4n) is 1.84. The zero-order valence-corrected chi connectivity index (χ0v) is 13.3. The second-order valence-electron chi connectivity index (χ2n) is 5.27. The van der Waals surface area contributed by atoms with Crippen LogP contribution in [0.3, 0.4) is 0 Å². The first-order valence-corrected chi connectivity index (χ1v) is 5.91. The van der Waals surface area contributed by atoms with E-state index in [0.29, 0.717) is 17.2 Å². The molecule has 0 aliphatic rings. The summed E-state index contributed by atoms with van der Waals surface area (Å²) in [6.45, 7) is 6.27. The van der Waals surface area contributed by atoms with Gasteiger partial charge in [0, 0.05) is 11.6 Å². The maximum absolute atomic E-state index is 6.29. The number of methoxy groups -OCH3 is 3. The van der Waals surface area contributed by atoms with Crippen molar-refractivity contribution in [3.05, 3.63) is 17.7 Å². The Kier molecular flexibility index (Phi) is 6.46. The smallest absolute Gasteiger partial charge is 0.203 e. The SMILES string of the molecule is COc1ccc([C@H](N)C(C)(C)C)c(OC)c1OC.Cl. The van der Waals surface area contributed by atoms with Crippen LogP contribution in [-0.2, 0) is 0 Å². The maximum atomic E-state index is 6.29. The molecule has 4 nitrogen and oxygen atoms in total. The number of halogens is 1. The monoisotopic (exact) mass is 289 g/mol. The Balaban J connectivity index is 0.00000324. The number of hydrogen-bond donors (Lipinski definition) is 1. The van der Waals surface area contributed by atoms with Crippen LogP contribution in [0, 0.1) is 5.41 Å². The fourth-order valence-corrected chi connectivity index (χ4v) is 1.84. The molecule has 1 atom stereocenters. The molecule has 110 valence electrons. The largest absolute Gasteiger partial charge is 0.493 e. The molecule has 0 bridgehead atoms. The highest BCUT2D eigenvalue weighted by Gasteiger charge is 2.27. The van der Waals surface area contributed by atoms with Crippen LogP contribution in [0.2, 0.25) is 0 Å². The summed E-state index contributed by atoms with van der Waals surface area (Å²) in [5.74, 6) is 1.86. The molecule has 0 aromatic heterocycles. The van der Waals surface area contributed by atoms with Gasteiger partial charge in [0.05, 0.1) is 21.3 Å².